The number of aromatic nitrogens is 4. The summed E-state index contributed by atoms with van der Waals surface area (Å²) in [5.74, 6) is -7.09. The molecule has 0 fully saturated rings. The molecule has 20 nitrogen and oxygen atoms in total. The molecule has 0 saturated heterocycles. The number of carboxylic acid groups (broad SMARTS) is 2. The van der Waals surface area contributed by atoms with Crippen LogP contribution in [0, 0.1) is 5.92 Å². The van der Waals surface area contributed by atoms with Crippen LogP contribution in [0.15, 0.2) is 25.0 Å². The predicted molar refractivity (Wildman–Crippen MR) is 176 cm³/mol. The van der Waals surface area contributed by atoms with Crippen molar-refractivity contribution in [3.05, 3.63) is 36.4 Å². The minimum absolute atomic E-state index is 0.0465. The number of aromatic amines is 2. The van der Waals surface area contributed by atoms with Gasteiger partial charge in [0.1, 0.15) is 24.2 Å². The van der Waals surface area contributed by atoms with Crippen LogP contribution in [0.3, 0.4) is 0 Å². The molecule has 276 valence electrons. The Morgan fingerprint density at radius 1 is 0.760 bits per heavy atom. The lowest BCUT2D eigenvalue weighted by Gasteiger charge is -2.26. The number of carboxylic acids is 2. The van der Waals surface area contributed by atoms with Crippen LogP contribution in [-0.2, 0) is 46.4 Å². The predicted octanol–water partition coefficient (Wildman–Crippen LogP) is -2.96. The minimum Gasteiger partial charge on any atom is -0.481 e. The van der Waals surface area contributed by atoms with Crippen LogP contribution in [0.2, 0.25) is 0 Å². The van der Waals surface area contributed by atoms with E-state index in [1.54, 1.807) is 13.8 Å². The Kier molecular flexibility index (Phi) is 17.0. The lowest BCUT2D eigenvalue weighted by atomic mass is 10.0. The smallest absolute Gasteiger partial charge is 0.326 e. The molecule has 2 heterocycles. The molecule has 50 heavy (non-hydrogen) atoms. The number of rotatable bonds is 23. The number of nitrogens with one attached hydrogen (secondary N) is 7. The molecule has 0 unspecified atom stereocenters. The second-order valence-corrected chi connectivity index (χ2v) is 12.0. The van der Waals surface area contributed by atoms with E-state index in [-0.39, 0.29) is 31.6 Å². The molecule has 0 saturated carbocycles. The van der Waals surface area contributed by atoms with Crippen molar-refractivity contribution < 1.29 is 43.8 Å². The summed E-state index contributed by atoms with van der Waals surface area (Å²) in [6.07, 6.45) is 5.96. The average molecular weight is 706 g/mol. The molecule has 2 aromatic rings. The van der Waals surface area contributed by atoms with E-state index in [2.05, 4.69) is 46.5 Å². The second kappa shape index (κ2) is 20.9. The van der Waals surface area contributed by atoms with Crippen molar-refractivity contribution in [1.29, 1.82) is 0 Å². The first-order valence-electron chi connectivity index (χ1n) is 16.0. The van der Waals surface area contributed by atoms with E-state index in [4.69, 9.17) is 11.5 Å². The summed E-state index contributed by atoms with van der Waals surface area (Å²) < 4.78 is 0. The van der Waals surface area contributed by atoms with Crippen molar-refractivity contribution in [3.8, 4) is 0 Å². The monoisotopic (exact) mass is 705 g/mol. The van der Waals surface area contributed by atoms with E-state index in [1.165, 1.54) is 25.0 Å². The number of carbonyl (C=O) groups is 7. The first-order valence-corrected chi connectivity index (χ1v) is 16.0. The van der Waals surface area contributed by atoms with Gasteiger partial charge in [-0.25, -0.2) is 14.8 Å². The Morgan fingerprint density at radius 2 is 1.32 bits per heavy atom. The third-order valence-electron chi connectivity index (χ3n) is 7.30. The normalized spacial score (nSPS) is 14.0. The van der Waals surface area contributed by atoms with Gasteiger partial charge in [0.25, 0.3) is 0 Å². The van der Waals surface area contributed by atoms with Crippen molar-refractivity contribution in [3.63, 3.8) is 0 Å². The molecule has 13 N–H and O–H groups in total. The molecule has 0 spiro atoms. The van der Waals surface area contributed by atoms with Gasteiger partial charge >= 0.3 is 11.9 Å². The summed E-state index contributed by atoms with van der Waals surface area (Å²) in [7, 11) is 0. The highest BCUT2D eigenvalue weighted by Crippen LogP contribution is 2.09. The van der Waals surface area contributed by atoms with Gasteiger partial charge < -0.3 is 58.2 Å². The zero-order valence-corrected chi connectivity index (χ0v) is 27.9. The van der Waals surface area contributed by atoms with E-state index in [9.17, 15) is 43.8 Å². The molecule has 20 heteroatoms. The third-order valence-corrected chi connectivity index (χ3v) is 7.30. The lowest BCUT2D eigenvalue weighted by molar-refractivity contribution is -0.142. The van der Waals surface area contributed by atoms with Crippen LogP contribution in [0.4, 0.5) is 0 Å². The fourth-order valence-corrected chi connectivity index (χ4v) is 4.75. The van der Waals surface area contributed by atoms with Crippen LogP contribution < -0.4 is 38.1 Å². The second-order valence-electron chi connectivity index (χ2n) is 12.0. The maximum Gasteiger partial charge on any atom is 0.326 e. The summed E-state index contributed by atoms with van der Waals surface area (Å²) in [5.41, 5.74) is 12.4. The lowest BCUT2D eigenvalue weighted by Crippen LogP contribution is -2.59. The number of carbonyl (C=O) groups excluding carboxylic acids is 5. The molecule has 5 atom stereocenters. The van der Waals surface area contributed by atoms with Crippen LogP contribution in [0.1, 0.15) is 57.3 Å². The Morgan fingerprint density at radius 3 is 1.86 bits per heavy atom. The number of aliphatic carboxylic acids is 2. The zero-order chi connectivity index (χ0) is 37.2. The number of nitrogens with two attached hydrogens (primary N) is 2. The maximum absolute atomic E-state index is 13.6. The highest BCUT2D eigenvalue weighted by molar-refractivity contribution is 5.96. The highest BCUT2D eigenvalue weighted by atomic mass is 16.4. The standard InChI is InChI=1S/C30H47N11O9/c1-16(2)7-21(27(46)41-22(9-18-12-34-15-37-18)28(47)39-20(30(49)50)5-3-4-6-31)40-29(48)23(10-25(43)44)38-24(42)13-35-26(45)19(32)8-17-11-33-14-36-17/h11-12,14-16,19-23H,3-10,13,31-32H2,1-2H3,(H,33,36)(H,34,37)(H,35,45)(H,38,42)(H,39,47)(H,40,48)(H,41,46)(H,43,44)(H,49,50)/t19-,20-,21-,22-,23-/m0/s1. The molecule has 5 amide bonds. The van der Waals surface area contributed by atoms with Crippen LogP contribution in [0.5, 0.6) is 0 Å². The topological polar surface area (TPSA) is 329 Å². The molecule has 0 aliphatic rings. The molecule has 0 radical (unpaired) electrons. The van der Waals surface area contributed by atoms with Crippen molar-refractivity contribution in [2.75, 3.05) is 13.1 Å². The van der Waals surface area contributed by atoms with E-state index < -0.39 is 84.6 Å². The van der Waals surface area contributed by atoms with Gasteiger partial charge in [-0.15, -0.1) is 0 Å². The summed E-state index contributed by atoms with van der Waals surface area (Å²) in [4.78, 5) is 102. The quantitative estimate of drug-likeness (QED) is 0.0515. The van der Waals surface area contributed by atoms with Gasteiger partial charge in [-0.1, -0.05) is 13.8 Å². The molecule has 0 bridgehead atoms. The number of hydrogen-bond donors (Lipinski definition) is 11. The molecule has 2 aromatic heterocycles. The first kappa shape index (κ1) is 40.8. The van der Waals surface area contributed by atoms with Crippen LogP contribution in [-0.4, -0.2) is 115 Å². The highest BCUT2D eigenvalue weighted by Gasteiger charge is 2.33. The summed E-state index contributed by atoms with van der Waals surface area (Å²) in [5, 5.41) is 31.1. The number of nitrogens with zero attached hydrogens (tertiary/aromatic N) is 2. The van der Waals surface area contributed by atoms with Gasteiger partial charge in [0.2, 0.25) is 29.5 Å². The molecule has 0 aliphatic carbocycles. The molecular weight excluding hydrogens is 658 g/mol. The van der Waals surface area contributed by atoms with Gasteiger partial charge in [0.05, 0.1) is 31.7 Å². The van der Waals surface area contributed by atoms with E-state index >= 15 is 0 Å². The number of H-pyrrole nitrogens is 2. The minimum atomic E-state index is -1.65. The van der Waals surface area contributed by atoms with Crippen molar-refractivity contribution in [2.24, 2.45) is 17.4 Å². The van der Waals surface area contributed by atoms with Crippen molar-refractivity contribution >= 4 is 41.5 Å². The number of imidazole rings is 2. The fourth-order valence-electron chi connectivity index (χ4n) is 4.75. The van der Waals surface area contributed by atoms with E-state index in [0.717, 1.165) is 0 Å². The third kappa shape index (κ3) is 14.8. The Balaban J connectivity index is 2.14. The van der Waals surface area contributed by atoms with Crippen LogP contribution in [0.25, 0.3) is 0 Å². The first-order chi connectivity index (χ1) is 23.7. The largest absolute Gasteiger partial charge is 0.481 e. The number of hydrogen-bond acceptors (Lipinski definition) is 11. The Bertz CT molecular complexity index is 1420. The van der Waals surface area contributed by atoms with Gasteiger partial charge in [-0.05, 0) is 38.1 Å². The van der Waals surface area contributed by atoms with Crippen LogP contribution >= 0.6 is 0 Å². The molecule has 0 aliphatic heterocycles. The maximum atomic E-state index is 13.6. The Labute approximate surface area is 287 Å². The number of amides is 5. The Hall–Kier alpha value is -5.37. The van der Waals surface area contributed by atoms with E-state index in [0.29, 0.717) is 30.8 Å². The molecule has 0 aromatic carbocycles. The van der Waals surface area contributed by atoms with Gasteiger partial charge in [-0.2, -0.15) is 0 Å². The SMILES string of the molecule is CC(C)C[C@H](NC(=O)[C@H](CC(=O)O)NC(=O)CNC(=O)[C@@H](N)Cc1cnc[nH]1)C(=O)N[C@@H](Cc1cnc[nH]1)C(=O)N[C@@H](CCCCN)C(=O)O. The van der Waals surface area contributed by atoms with E-state index in [1.807, 2.05) is 0 Å². The van der Waals surface area contributed by atoms with Gasteiger partial charge in [-0.3, -0.25) is 28.8 Å². The summed E-state index contributed by atoms with van der Waals surface area (Å²) in [6, 6.07) is -6.52. The average Bonchev–Trinajstić information content (AvgIpc) is 3.76. The molecular formula is C30H47N11O9. The number of unbranched alkanes of at least 4 members (excludes halogenated alkanes) is 1. The summed E-state index contributed by atoms with van der Waals surface area (Å²) in [6.45, 7) is 3.24. The summed E-state index contributed by atoms with van der Waals surface area (Å²) >= 11 is 0. The zero-order valence-electron chi connectivity index (χ0n) is 27.9. The van der Waals surface area contributed by atoms with Gasteiger partial charge in [0, 0.05) is 36.6 Å². The fraction of sp³-hybridized carbons (Fsp3) is 0.567. The molecule has 2 rings (SSSR count). The van der Waals surface area contributed by atoms with Gasteiger partial charge in [0.15, 0.2) is 0 Å². The van der Waals surface area contributed by atoms with Crippen molar-refractivity contribution in [1.82, 2.24) is 46.5 Å². The van der Waals surface area contributed by atoms with Crippen molar-refractivity contribution in [2.45, 2.75) is 89.0 Å².